The highest BCUT2D eigenvalue weighted by Crippen LogP contribution is 2.35. The zero-order valence-electron chi connectivity index (χ0n) is 18.5. The summed E-state index contributed by atoms with van der Waals surface area (Å²) >= 11 is 0. The molecule has 2 aromatic carbocycles. The fourth-order valence-corrected chi connectivity index (χ4v) is 3.42. The fraction of sp³-hybridized carbons (Fsp3) is 0.280. The van der Waals surface area contributed by atoms with Crippen LogP contribution in [0.2, 0.25) is 0 Å². The summed E-state index contributed by atoms with van der Waals surface area (Å²) in [6.07, 6.45) is 1.42. The van der Waals surface area contributed by atoms with Crippen LogP contribution in [-0.4, -0.2) is 31.2 Å². The number of methoxy groups -OCH3 is 1. The summed E-state index contributed by atoms with van der Waals surface area (Å²) in [5.74, 6) is 0.0960. The van der Waals surface area contributed by atoms with Crippen LogP contribution < -0.4 is 10.1 Å². The lowest BCUT2D eigenvalue weighted by Crippen LogP contribution is -2.13. The van der Waals surface area contributed by atoms with Gasteiger partial charge in [-0.15, -0.1) is 12.4 Å². The van der Waals surface area contributed by atoms with E-state index in [4.69, 9.17) is 9.47 Å². The summed E-state index contributed by atoms with van der Waals surface area (Å²) in [4.78, 5) is 16.2. The second kappa shape index (κ2) is 12.2. The second-order valence-corrected chi connectivity index (χ2v) is 7.03. The van der Waals surface area contributed by atoms with Crippen LogP contribution in [0, 0.1) is 5.82 Å². The van der Waals surface area contributed by atoms with Crippen molar-refractivity contribution in [3.8, 4) is 28.1 Å². The van der Waals surface area contributed by atoms with Gasteiger partial charge in [0.25, 0.3) is 0 Å². The number of nitrogens with one attached hydrogen (secondary N) is 1. The summed E-state index contributed by atoms with van der Waals surface area (Å²) in [5, 5.41) is 3.37. The van der Waals surface area contributed by atoms with Crippen molar-refractivity contribution in [3.05, 3.63) is 71.7 Å². The number of hydrogen-bond acceptors (Lipinski definition) is 5. The van der Waals surface area contributed by atoms with Crippen molar-refractivity contribution in [2.45, 2.75) is 26.8 Å². The second-order valence-electron chi connectivity index (χ2n) is 7.03. The van der Waals surface area contributed by atoms with Crippen molar-refractivity contribution < 1.29 is 18.7 Å². The van der Waals surface area contributed by atoms with Crippen LogP contribution in [0.25, 0.3) is 22.4 Å². The first kappa shape index (κ1) is 25.3. The van der Waals surface area contributed by atoms with Gasteiger partial charge in [0.1, 0.15) is 11.6 Å². The lowest BCUT2D eigenvalue weighted by molar-refractivity contribution is -0.142. The van der Waals surface area contributed by atoms with E-state index in [0.717, 1.165) is 40.1 Å². The third-order valence-corrected chi connectivity index (χ3v) is 4.90. The van der Waals surface area contributed by atoms with Gasteiger partial charge < -0.3 is 14.8 Å². The van der Waals surface area contributed by atoms with E-state index in [0.29, 0.717) is 18.8 Å². The molecule has 5 nitrogen and oxygen atoms in total. The number of carbonyl (C=O) groups excluding carboxylic acids is 1. The molecule has 0 bridgehead atoms. The van der Waals surface area contributed by atoms with E-state index in [-0.39, 0.29) is 30.6 Å². The van der Waals surface area contributed by atoms with Crippen LogP contribution >= 0.6 is 12.4 Å². The molecule has 0 fully saturated rings. The predicted molar refractivity (Wildman–Crippen MR) is 127 cm³/mol. The number of hydrogen-bond donors (Lipinski definition) is 1. The SMILES string of the molecule is CCNCc1cc(-c2ccc(F)cn2)ccc1-c1cc(CC(=O)OCC)ccc1OC.Cl. The van der Waals surface area contributed by atoms with Gasteiger partial charge in [-0.25, -0.2) is 4.39 Å². The molecule has 0 spiro atoms. The Bertz CT molecular complexity index is 1040. The van der Waals surface area contributed by atoms with Gasteiger partial charge in [-0.3, -0.25) is 9.78 Å². The number of halogens is 2. The molecule has 0 saturated carbocycles. The average Bonchev–Trinajstić information content (AvgIpc) is 2.78. The number of nitrogens with zero attached hydrogens (tertiary/aromatic N) is 1. The van der Waals surface area contributed by atoms with Crippen molar-refractivity contribution in [2.75, 3.05) is 20.3 Å². The molecular formula is C25H28ClFN2O3. The standard InChI is InChI=1S/C25H27FN2O3.ClH/c1-4-27-15-19-14-18(23-10-8-20(26)16-28-23)7-9-21(19)22-12-17(6-11-24(22)30-3)13-25(29)31-5-2;/h6-12,14,16,27H,4-5,13,15H2,1-3H3;1H. The molecule has 0 aliphatic carbocycles. The van der Waals surface area contributed by atoms with Gasteiger partial charge >= 0.3 is 5.97 Å². The summed E-state index contributed by atoms with van der Waals surface area (Å²) in [6.45, 7) is 5.66. The molecule has 0 unspecified atom stereocenters. The molecule has 170 valence electrons. The molecule has 1 heterocycles. The van der Waals surface area contributed by atoms with Gasteiger partial charge in [0.15, 0.2) is 0 Å². The topological polar surface area (TPSA) is 60.5 Å². The molecule has 32 heavy (non-hydrogen) atoms. The van der Waals surface area contributed by atoms with Gasteiger partial charge in [0.05, 0.1) is 32.0 Å². The Hall–Kier alpha value is -2.96. The summed E-state index contributed by atoms with van der Waals surface area (Å²) in [5.41, 5.74) is 5.40. The minimum absolute atomic E-state index is 0. The third kappa shape index (κ3) is 6.28. The zero-order chi connectivity index (χ0) is 22.2. The first-order chi connectivity index (χ1) is 15.0. The molecule has 7 heteroatoms. The van der Waals surface area contributed by atoms with Crippen molar-refractivity contribution in [1.82, 2.24) is 10.3 Å². The fourth-order valence-electron chi connectivity index (χ4n) is 3.42. The summed E-state index contributed by atoms with van der Waals surface area (Å²) in [6, 6.07) is 14.8. The van der Waals surface area contributed by atoms with Crippen LogP contribution in [0.3, 0.4) is 0 Å². The normalized spacial score (nSPS) is 10.4. The minimum atomic E-state index is -0.364. The lowest BCUT2D eigenvalue weighted by Gasteiger charge is -2.16. The van der Waals surface area contributed by atoms with Crippen LogP contribution in [0.5, 0.6) is 5.75 Å². The number of ether oxygens (including phenoxy) is 2. The molecule has 0 amide bonds. The molecule has 1 aromatic heterocycles. The van der Waals surface area contributed by atoms with Crippen molar-refractivity contribution >= 4 is 18.4 Å². The van der Waals surface area contributed by atoms with Crippen molar-refractivity contribution in [1.29, 1.82) is 0 Å². The lowest BCUT2D eigenvalue weighted by atomic mass is 9.94. The monoisotopic (exact) mass is 458 g/mol. The molecule has 3 rings (SSSR count). The predicted octanol–water partition coefficient (Wildman–Crippen LogP) is 5.20. The molecule has 0 aliphatic heterocycles. The Kier molecular flexibility index (Phi) is 9.62. The highest BCUT2D eigenvalue weighted by Gasteiger charge is 2.15. The van der Waals surface area contributed by atoms with Crippen molar-refractivity contribution in [2.24, 2.45) is 0 Å². The van der Waals surface area contributed by atoms with E-state index in [1.165, 1.54) is 12.3 Å². The maximum atomic E-state index is 13.3. The Morgan fingerprint density at radius 3 is 2.53 bits per heavy atom. The van der Waals surface area contributed by atoms with Crippen molar-refractivity contribution in [3.63, 3.8) is 0 Å². The Morgan fingerprint density at radius 1 is 1.06 bits per heavy atom. The van der Waals surface area contributed by atoms with Crippen LogP contribution in [0.1, 0.15) is 25.0 Å². The molecule has 3 aromatic rings. The number of pyridine rings is 1. The number of esters is 1. The first-order valence-electron chi connectivity index (χ1n) is 10.3. The first-order valence-corrected chi connectivity index (χ1v) is 10.3. The molecule has 0 radical (unpaired) electrons. The Morgan fingerprint density at radius 2 is 1.88 bits per heavy atom. The Labute approximate surface area is 194 Å². The Balaban J connectivity index is 0.00000363. The maximum absolute atomic E-state index is 13.3. The number of aromatic nitrogens is 1. The number of benzene rings is 2. The minimum Gasteiger partial charge on any atom is -0.496 e. The third-order valence-electron chi connectivity index (χ3n) is 4.90. The zero-order valence-corrected chi connectivity index (χ0v) is 19.3. The average molecular weight is 459 g/mol. The van der Waals surface area contributed by atoms with Crippen LogP contribution in [-0.2, 0) is 22.5 Å². The quantitative estimate of drug-likeness (QED) is 0.446. The largest absolute Gasteiger partial charge is 0.496 e. The van der Waals surface area contributed by atoms with Crippen LogP contribution in [0.4, 0.5) is 4.39 Å². The number of carbonyl (C=O) groups is 1. The van der Waals surface area contributed by atoms with E-state index in [9.17, 15) is 9.18 Å². The molecule has 0 saturated heterocycles. The van der Waals surface area contributed by atoms with Gasteiger partial charge in [-0.2, -0.15) is 0 Å². The molecule has 0 atom stereocenters. The maximum Gasteiger partial charge on any atom is 0.310 e. The van der Waals surface area contributed by atoms with Gasteiger partial charge in [-0.1, -0.05) is 25.1 Å². The van der Waals surface area contributed by atoms with E-state index in [1.54, 1.807) is 20.1 Å². The molecular weight excluding hydrogens is 431 g/mol. The van der Waals surface area contributed by atoms with E-state index in [1.807, 2.05) is 37.3 Å². The number of rotatable bonds is 9. The summed E-state index contributed by atoms with van der Waals surface area (Å²) in [7, 11) is 1.63. The molecule has 1 N–H and O–H groups in total. The van der Waals surface area contributed by atoms with E-state index >= 15 is 0 Å². The van der Waals surface area contributed by atoms with E-state index < -0.39 is 0 Å². The van der Waals surface area contributed by atoms with E-state index in [2.05, 4.69) is 16.4 Å². The smallest absolute Gasteiger partial charge is 0.310 e. The summed E-state index contributed by atoms with van der Waals surface area (Å²) < 4.78 is 24.0. The van der Waals surface area contributed by atoms with Gasteiger partial charge in [0, 0.05) is 17.7 Å². The van der Waals surface area contributed by atoms with Gasteiger partial charge in [0.2, 0.25) is 0 Å². The highest BCUT2D eigenvalue weighted by atomic mass is 35.5. The highest BCUT2D eigenvalue weighted by molar-refractivity contribution is 5.85. The van der Waals surface area contributed by atoms with Crippen LogP contribution in [0.15, 0.2) is 54.7 Å². The van der Waals surface area contributed by atoms with Gasteiger partial charge in [-0.05, 0) is 60.5 Å². The molecule has 0 aliphatic rings.